The van der Waals surface area contributed by atoms with Crippen molar-refractivity contribution in [2.24, 2.45) is 4.99 Å². The molecule has 32 heavy (non-hydrogen) atoms. The maximum Gasteiger partial charge on any atom is 0.131 e. The number of hydrogen-bond acceptors (Lipinski definition) is 6. The fourth-order valence-corrected chi connectivity index (χ4v) is 4.97. The molecule has 0 bridgehead atoms. The number of nitrogens with zero attached hydrogens (tertiary/aromatic N) is 2. The van der Waals surface area contributed by atoms with Crippen LogP contribution in [0.3, 0.4) is 0 Å². The summed E-state index contributed by atoms with van der Waals surface area (Å²) in [6, 6.07) is 8.37. The van der Waals surface area contributed by atoms with Crippen LogP contribution in [-0.2, 0) is 0 Å². The highest BCUT2D eigenvalue weighted by Crippen LogP contribution is 2.43. The second-order valence-corrected chi connectivity index (χ2v) is 8.95. The molecule has 0 atom stereocenters. The molecule has 2 aromatic heterocycles. The number of aliphatic imine (C=N–C) groups is 1. The fraction of sp³-hybridized carbons (Fsp3) is 0.280. The van der Waals surface area contributed by atoms with Gasteiger partial charge in [0.05, 0.1) is 16.1 Å². The van der Waals surface area contributed by atoms with Gasteiger partial charge in [-0.25, -0.2) is 9.98 Å². The van der Waals surface area contributed by atoms with Crippen molar-refractivity contribution >= 4 is 55.4 Å². The first-order valence-corrected chi connectivity index (χ1v) is 11.7. The lowest BCUT2D eigenvalue weighted by molar-refractivity contribution is 0.785. The minimum Gasteiger partial charge on any atom is -0.385 e. The molecule has 0 amide bonds. The second-order valence-electron chi connectivity index (χ2n) is 7.90. The number of rotatable bonds is 6. The smallest absolute Gasteiger partial charge is 0.131 e. The lowest BCUT2D eigenvalue weighted by Gasteiger charge is -2.09. The van der Waals surface area contributed by atoms with E-state index in [1.165, 1.54) is 15.0 Å². The molecule has 3 heterocycles. The van der Waals surface area contributed by atoms with Crippen molar-refractivity contribution in [2.45, 2.75) is 27.2 Å². The molecule has 0 spiro atoms. The summed E-state index contributed by atoms with van der Waals surface area (Å²) in [6.07, 6.45) is 3.01. The molecule has 4 rings (SSSR count). The molecule has 6 nitrogen and oxygen atoms in total. The van der Waals surface area contributed by atoms with Crippen molar-refractivity contribution in [2.75, 3.05) is 30.3 Å². The van der Waals surface area contributed by atoms with Crippen molar-refractivity contribution in [3.8, 4) is 0 Å². The van der Waals surface area contributed by atoms with Crippen molar-refractivity contribution in [3.63, 3.8) is 0 Å². The van der Waals surface area contributed by atoms with E-state index in [0.717, 1.165) is 71.4 Å². The van der Waals surface area contributed by atoms with Crippen LogP contribution >= 0.6 is 11.3 Å². The average Bonchev–Trinajstić information content (AvgIpc) is 3.04. The van der Waals surface area contributed by atoms with E-state index in [2.05, 4.69) is 64.5 Å². The third-order valence-electron chi connectivity index (χ3n) is 5.20. The fourth-order valence-electron chi connectivity index (χ4n) is 3.83. The molecule has 3 aromatic rings. The summed E-state index contributed by atoms with van der Waals surface area (Å²) >= 11 is 1.76. The number of amidine groups is 1. The van der Waals surface area contributed by atoms with Crippen LogP contribution in [0.2, 0.25) is 0 Å². The Morgan fingerprint density at radius 2 is 2.03 bits per heavy atom. The zero-order valence-electron chi connectivity index (χ0n) is 18.9. The number of thiophene rings is 1. The summed E-state index contributed by atoms with van der Waals surface area (Å²) in [7, 11) is 0. The van der Waals surface area contributed by atoms with Crippen LogP contribution in [0.15, 0.2) is 59.9 Å². The lowest BCUT2D eigenvalue weighted by Crippen LogP contribution is -2.15. The van der Waals surface area contributed by atoms with E-state index >= 15 is 0 Å². The summed E-state index contributed by atoms with van der Waals surface area (Å²) < 4.78 is 1.23. The quantitative estimate of drug-likeness (QED) is 0.223. The van der Waals surface area contributed by atoms with E-state index in [1.807, 2.05) is 26.0 Å². The first kappa shape index (κ1) is 21.9. The molecule has 4 N–H and O–H groups in total. The first-order valence-electron chi connectivity index (χ1n) is 10.9. The zero-order chi connectivity index (χ0) is 22.7. The van der Waals surface area contributed by atoms with Crippen molar-refractivity contribution in [1.29, 1.82) is 0 Å². The molecule has 1 aromatic carbocycles. The second kappa shape index (κ2) is 9.44. The molecule has 0 saturated heterocycles. The molecule has 7 heteroatoms. The molecule has 0 fully saturated rings. The molecular formula is C25H30N6S. The van der Waals surface area contributed by atoms with Gasteiger partial charge in [-0.3, -0.25) is 0 Å². The first-order chi connectivity index (χ1) is 15.5. The van der Waals surface area contributed by atoms with E-state index in [4.69, 9.17) is 4.98 Å². The van der Waals surface area contributed by atoms with E-state index in [9.17, 15) is 0 Å². The molecule has 0 unspecified atom stereocenters. The zero-order valence-corrected chi connectivity index (χ0v) is 19.7. The summed E-state index contributed by atoms with van der Waals surface area (Å²) in [5.74, 6) is 1.55. The van der Waals surface area contributed by atoms with Crippen LogP contribution in [0.25, 0.3) is 26.7 Å². The van der Waals surface area contributed by atoms with Gasteiger partial charge in [-0.15, -0.1) is 11.3 Å². The maximum absolute atomic E-state index is 4.84. The highest BCUT2D eigenvalue weighted by atomic mass is 32.1. The van der Waals surface area contributed by atoms with Crippen LogP contribution in [0.4, 0.5) is 11.5 Å². The normalized spacial score (nSPS) is 14.5. The van der Waals surface area contributed by atoms with Gasteiger partial charge in [0.2, 0.25) is 0 Å². The molecular weight excluding hydrogens is 416 g/mol. The lowest BCUT2D eigenvalue weighted by atomic mass is 10.1. The number of benzene rings is 1. The Kier molecular flexibility index (Phi) is 6.46. The van der Waals surface area contributed by atoms with Crippen LogP contribution < -0.4 is 21.3 Å². The molecule has 166 valence electrons. The van der Waals surface area contributed by atoms with E-state index in [0.29, 0.717) is 0 Å². The predicted octanol–water partition coefficient (Wildman–Crippen LogP) is 5.68. The van der Waals surface area contributed by atoms with Crippen molar-refractivity contribution in [1.82, 2.24) is 15.6 Å². The predicted molar refractivity (Wildman–Crippen MR) is 141 cm³/mol. The monoisotopic (exact) mass is 446 g/mol. The minimum atomic E-state index is 0.772. The number of allylic oxidation sites excluding steroid dienone is 2. The van der Waals surface area contributed by atoms with Crippen LogP contribution in [0.5, 0.6) is 0 Å². The SMILES string of the molecule is C=C(/C=C(C)\N=C(/C)Nc1ccc2c(ccc3sc4c(c32)NCCNC4=C)n1)NCCC. The number of hydrogen-bond donors (Lipinski definition) is 4. The number of nitrogens with one attached hydrogen (secondary N) is 4. The van der Waals surface area contributed by atoms with E-state index in [1.54, 1.807) is 11.3 Å². The van der Waals surface area contributed by atoms with Gasteiger partial charge in [-0.2, -0.15) is 0 Å². The molecule has 1 aliphatic rings. The third-order valence-corrected chi connectivity index (χ3v) is 6.41. The Labute approximate surface area is 193 Å². The van der Waals surface area contributed by atoms with Gasteiger partial charge in [0.15, 0.2) is 0 Å². The van der Waals surface area contributed by atoms with Gasteiger partial charge < -0.3 is 21.3 Å². The van der Waals surface area contributed by atoms with E-state index < -0.39 is 0 Å². The van der Waals surface area contributed by atoms with Crippen LogP contribution in [-0.4, -0.2) is 30.5 Å². The van der Waals surface area contributed by atoms with Crippen LogP contribution in [0.1, 0.15) is 32.1 Å². The molecule has 0 radical (unpaired) electrons. The molecule has 1 aliphatic heterocycles. The van der Waals surface area contributed by atoms with Crippen LogP contribution in [0, 0.1) is 0 Å². The summed E-state index contributed by atoms with van der Waals surface area (Å²) in [5, 5.41) is 15.9. The van der Waals surface area contributed by atoms with Gasteiger partial charge in [-0.05, 0) is 50.6 Å². The average molecular weight is 447 g/mol. The molecule has 0 saturated carbocycles. The standard InChI is InChI=1S/C25H30N6S/c1-6-11-26-15(2)14-16(3)29-18(5)30-22-10-7-19-20(31-22)8-9-21-23(19)24-25(32-21)17(4)27-12-13-28-24/h7-10,14,26-28H,2,4,6,11-13H2,1,3,5H3,(H,29,30,31)/b16-14-. The van der Waals surface area contributed by atoms with Gasteiger partial charge in [0.25, 0.3) is 0 Å². The maximum atomic E-state index is 4.84. The number of pyridine rings is 1. The summed E-state index contributed by atoms with van der Waals surface area (Å²) in [6.45, 7) is 16.9. The summed E-state index contributed by atoms with van der Waals surface area (Å²) in [5.41, 5.74) is 4.84. The molecule has 0 aliphatic carbocycles. The highest BCUT2D eigenvalue weighted by molar-refractivity contribution is 7.21. The van der Waals surface area contributed by atoms with Crippen molar-refractivity contribution in [3.05, 3.63) is 59.8 Å². The summed E-state index contributed by atoms with van der Waals surface area (Å²) in [4.78, 5) is 10.6. The Morgan fingerprint density at radius 1 is 1.22 bits per heavy atom. The largest absolute Gasteiger partial charge is 0.385 e. The Hall–Kier alpha value is -3.32. The topological polar surface area (TPSA) is 73.4 Å². The van der Waals surface area contributed by atoms with Gasteiger partial charge in [0.1, 0.15) is 11.7 Å². The highest BCUT2D eigenvalue weighted by Gasteiger charge is 2.19. The van der Waals surface area contributed by atoms with Gasteiger partial charge >= 0.3 is 0 Å². The van der Waals surface area contributed by atoms with Gasteiger partial charge in [0, 0.05) is 52.2 Å². The van der Waals surface area contributed by atoms with Gasteiger partial charge in [-0.1, -0.05) is 20.1 Å². The number of anilines is 2. The number of fused-ring (bicyclic) bond motifs is 5. The Bertz CT molecular complexity index is 1250. The Balaban J connectivity index is 1.61. The van der Waals surface area contributed by atoms with Crippen molar-refractivity contribution < 1.29 is 0 Å². The third kappa shape index (κ3) is 4.62. The Morgan fingerprint density at radius 3 is 2.84 bits per heavy atom. The number of aromatic nitrogens is 1. The minimum absolute atomic E-state index is 0.772. The van der Waals surface area contributed by atoms with E-state index in [-0.39, 0.29) is 0 Å².